The largest absolute Gasteiger partial charge is 0.466 e. The van der Waals surface area contributed by atoms with Gasteiger partial charge in [0, 0.05) is 6.42 Å². The predicted octanol–water partition coefficient (Wildman–Crippen LogP) is 8.26. The van der Waals surface area contributed by atoms with Crippen LogP contribution in [-0.4, -0.2) is 25.2 Å². The van der Waals surface area contributed by atoms with Gasteiger partial charge in [0.2, 0.25) is 0 Å². The van der Waals surface area contributed by atoms with Gasteiger partial charge < -0.3 is 9.47 Å². The second-order valence-electron chi connectivity index (χ2n) is 10.3. The van der Waals surface area contributed by atoms with E-state index in [0.29, 0.717) is 31.5 Å². The van der Waals surface area contributed by atoms with Crippen LogP contribution in [0.3, 0.4) is 0 Å². The van der Waals surface area contributed by atoms with Gasteiger partial charge in [0.05, 0.1) is 19.1 Å². The summed E-state index contributed by atoms with van der Waals surface area (Å²) in [7, 11) is 0. The van der Waals surface area contributed by atoms with Crippen LogP contribution in [0.2, 0.25) is 0 Å². The number of hydrogen-bond acceptors (Lipinski definition) is 4. The molecule has 0 aliphatic heterocycles. The molecule has 0 amide bonds. The van der Waals surface area contributed by atoms with E-state index in [9.17, 15) is 9.59 Å². The molecule has 0 rings (SSSR count). The Morgan fingerprint density at radius 1 is 0.594 bits per heavy atom. The maximum absolute atomic E-state index is 12.1. The van der Waals surface area contributed by atoms with Crippen molar-refractivity contribution in [3.63, 3.8) is 0 Å². The van der Waals surface area contributed by atoms with Gasteiger partial charge in [0.25, 0.3) is 0 Å². The first-order chi connectivity index (χ1) is 15.4. The third kappa shape index (κ3) is 20.8. The smallest absolute Gasteiger partial charge is 0.308 e. The van der Waals surface area contributed by atoms with Gasteiger partial charge in [-0.25, -0.2) is 0 Å². The van der Waals surface area contributed by atoms with E-state index in [1.54, 1.807) is 0 Å². The summed E-state index contributed by atoms with van der Waals surface area (Å²) in [6.07, 6.45) is 17.8. The Morgan fingerprint density at radius 2 is 1.03 bits per heavy atom. The first-order valence-electron chi connectivity index (χ1n) is 13.7. The SMILES string of the molecule is CCC(CCCCCCCCCCCCCC(=O)OCCC(C)C)C(=O)OCCC(C)C. The van der Waals surface area contributed by atoms with Crippen molar-refractivity contribution >= 4 is 11.9 Å². The third-order valence-electron chi connectivity index (χ3n) is 6.16. The number of rotatable bonds is 22. The van der Waals surface area contributed by atoms with Crippen LogP contribution in [0.4, 0.5) is 0 Å². The Morgan fingerprint density at radius 3 is 1.50 bits per heavy atom. The van der Waals surface area contributed by atoms with Crippen LogP contribution in [0.5, 0.6) is 0 Å². The van der Waals surface area contributed by atoms with Gasteiger partial charge >= 0.3 is 11.9 Å². The molecule has 4 heteroatoms. The number of unbranched alkanes of at least 4 members (excludes halogenated alkanes) is 10. The van der Waals surface area contributed by atoms with Crippen molar-refractivity contribution in [1.29, 1.82) is 0 Å². The summed E-state index contributed by atoms with van der Waals surface area (Å²) in [5, 5.41) is 0. The van der Waals surface area contributed by atoms with Crippen molar-refractivity contribution in [1.82, 2.24) is 0 Å². The van der Waals surface area contributed by atoms with Crippen molar-refractivity contribution in [2.45, 2.75) is 137 Å². The van der Waals surface area contributed by atoms with Gasteiger partial charge in [-0.15, -0.1) is 0 Å². The van der Waals surface area contributed by atoms with E-state index in [4.69, 9.17) is 9.47 Å². The van der Waals surface area contributed by atoms with Crippen LogP contribution in [0.25, 0.3) is 0 Å². The van der Waals surface area contributed by atoms with Crippen LogP contribution in [0, 0.1) is 17.8 Å². The summed E-state index contributed by atoms with van der Waals surface area (Å²) in [6.45, 7) is 11.8. The zero-order valence-corrected chi connectivity index (χ0v) is 22.1. The molecule has 32 heavy (non-hydrogen) atoms. The lowest BCUT2D eigenvalue weighted by Crippen LogP contribution is -2.18. The molecule has 0 aliphatic carbocycles. The predicted molar refractivity (Wildman–Crippen MR) is 135 cm³/mol. The van der Waals surface area contributed by atoms with E-state index < -0.39 is 0 Å². The van der Waals surface area contributed by atoms with Crippen molar-refractivity contribution in [2.24, 2.45) is 17.8 Å². The third-order valence-corrected chi connectivity index (χ3v) is 6.16. The molecule has 0 aromatic carbocycles. The maximum atomic E-state index is 12.1. The molecule has 0 aromatic heterocycles. The highest BCUT2D eigenvalue weighted by Gasteiger charge is 2.17. The number of ether oxygens (including phenoxy) is 2. The second kappa shape index (κ2) is 21.8. The lowest BCUT2D eigenvalue weighted by Gasteiger charge is -2.14. The Bertz CT molecular complexity index is 445. The number of hydrogen-bond donors (Lipinski definition) is 0. The summed E-state index contributed by atoms with van der Waals surface area (Å²) in [6, 6.07) is 0. The number of carbonyl (C=O) groups is 2. The summed E-state index contributed by atoms with van der Waals surface area (Å²) >= 11 is 0. The first kappa shape index (κ1) is 30.9. The minimum atomic E-state index is -0.0288. The van der Waals surface area contributed by atoms with Gasteiger partial charge in [-0.1, -0.05) is 98.8 Å². The van der Waals surface area contributed by atoms with E-state index in [-0.39, 0.29) is 17.9 Å². The Labute approximate surface area is 199 Å². The van der Waals surface area contributed by atoms with E-state index in [0.717, 1.165) is 44.9 Å². The average molecular weight is 455 g/mol. The summed E-state index contributed by atoms with van der Waals surface area (Å²) in [5.41, 5.74) is 0. The molecule has 0 aliphatic rings. The fraction of sp³-hybridized carbons (Fsp3) is 0.929. The van der Waals surface area contributed by atoms with Crippen molar-refractivity contribution in [3.05, 3.63) is 0 Å². The number of carbonyl (C=O) groups excluding carboxylic acids is 2. The highest BCUT2D eigenvalue weighted by Crippen LogP contribution is 2.18. The highest BCUT2D eigenvalue weighted by molar-refractivity contribution is 5.72. The topological polar surface area (TPSA) is 52.6 Å². The molecular weight excluding hydrogens is 400 g/mol. The van der Waals surface area contributed by atoms with Gasteiger partial charge in [-0.05, 0) is 43.9 Å². The molecule has 0 aromatic rings. The van der Waals surface area contributed by atoms with Crippen molar-refractivity contribution in [2.75, 3.05) is 13.2 Å². The fourth-order valence-corrected chi connectivity index (χ4v) is 3.73. The summed E-state index contributed by atoms with van der Waals surface area (Å²) < 4.78 is 10.7. The Hall–Kier alpha value is -1.06. The van der Waals surface area contributed by atoms with Crippen LogP contribution in [-0.2, 0) is 19.1 Å². The molecule has 0 fully saturated rings. The van der Waals surface area contributed by atoms with Crippen LogP contribution in [0.1, 0.15) is 137 Å². The normalized spacial score (nSPS) is 12.3. The van der Waals surface area contributed by atoms with Gasteiger partial charge in [-0.3, -0.25) is 9.59 Å². The maximum Gasteiger partial charge on any atom is 0.308 e. The molecule has 0 N–H and O–H groups in total. The lowest BCUT2D eigenvalue weighted by molar-refractivity contribution is -0.149. The highest BCUT2D eigenvalue weighted by atomic mass is 16.5. The van der Waals surface area contributed by atoms with Gasteiger partial charge in [-0.2, -0.15) is 0 Å². The standard InChI is InChI=1S/C28H54O4/c1-6-26(28(30)32-23-21-25(4)5)18-16-14-12-10-8-7-9-11-13-15-17-19-27(29)31-22-20-24(2)3/h24-26H,6-23H2,1-5H3. The van der Waals surface area contributed by atoms with Crippen LogP contribution >= 0.6 is 0 Å². The molecule has 0 heterocycles. The van der Waals surface area contributed by atoms with E-state index >= 15 is 0 Å². The molecule has 1 unspecified atom stereocenters. The van der Waals surface area contributed by atoms with Gasteiger partial charge in [0.15, 0.2) is 0 Å². The minimum Gasteiger partial charge on any atom is -0.466 e. The molecule has 190 valence electrons. The zero-order chi connectivity index (χ0) is 24.0. The summed E-state index contributed by atoms with van der Waals surface area (Å²) in [4.78, 5) is 23.8. The van der Waals surface area contributed by atoms with Crippen LogP contribution < -0.4 is 0 Å². The molecule has 1 atom stereocenters. The molecule has 0 saturated carbocycles. The number of esters is 2. The molecule has 0 saturated heterocycles. The molecule has 0 radical (unpaired) electrons. The lowest BCUT2D eigenvalue weighted by atomic mass is 9.97. The quantitative estimate of drug-likeness (QED) is 0.122. The fourth-order valence-electron chi connectivity index (χ4n) is 3.73. The van der Waals surface area contributed by atoms with Crippen molar-refractivity contribution in [3.8, 4) is 0 Å². The Balaban J connectivity index is 3.42. The molecular formula is C28H54O4. The van der Waals surface area contributed by atoms with Gasteiger partial charge in [0.1, 0.15) is 0 Å². The first-order valence-corrected chi connectivity index (χ1v) is 13.7. The second-order valence-corrected chi connectivity index (χ2v) is 10.3. The monoisotopic (exact) mass is 454 g/mol. The van der Waals surface area contributed by atoms with E-state index in [1.807, 2.05) is 0 Å². The molecule has 4 nitrogen and oxygen atoms in total. The molecule has 0 bridgehead atoms. The summed E-state index contributed by atoms with van der Waals surface area (Å²) in [5.74, 6) is 1.24. The molecule has 0 spiro atoms. The average Bonchev–Trinajstić information content (AvgIpc) is 2.73. The van der Waals surface area contributed by atoms with Crippen LogP contribution in [0.15, 0.2) is 0 Å². The van der Waals surface area contributed by atoms with E-state index in [1.165, 1.54) is 51.4 Å². The Kier molecular flexibility index (Phi) is 21.0. The van der Waals surface area contributed by atoms with Crippen molar-refractivity contribution < 1.29 is 19.1 Å². The zero-order valence-electron chi connectivity index (χ0n) is 22.1. The minimum absolute atomic E-state index is 0.0103. The van der Waals surface area contributed by atoms with E-state index in [2.05, 4.69) is 34.6 Å².